The molecule has 0 aromatic heterocycles. The number of nitrogens with one attached hydrogen (secondary N) is 1. The molecule has 3 N–H and O–H groups in total. The lowest BCUT2D eigenvalue weighted by atomic mass is 10.2. The maximum absolute atomic E-state index is 12.1. The van der Waals surface area contributed by atoms with E-state index in [2.05, 4.69) is 10.8 Å². The summed E-state index contributed by atoms with van der Waals surface area (Å²) >= 11 is 0. The van der Waals surface area contributed by atoms with Crippen molar-refractivity contribution < 1.29 is 13.2 Å². The van der Waals surface area contributed by atoms with Crippen molar-refractivity contribution in [3.63, 3.8) is 0 Å². The first-order valence-corrected chi connectivity index (χ1v) is 7.88. The summed E-state index contributed by atoms with van der Waals surface area (Å²) in [4.78, 5) is 1.90. The van der Waals surface area contributed by atoms with Gasteiger partial charge in [0.05, 0.1) is 24.8 Å². The third-order valence-electron chi connectivity index (χ3n) is 2.94. The van der Waals surface area contributed by atoms with Crippen LogP contribution in [0.2, 0.25) is 0 Å². The number of nitriles is 1. The number of rotatable bonds is 8. The third kappa shape index (κ3) is 4.60. The van der Waals surface area contributed by atoms with Crippen LogP contribution in [0.5, 0.6) is 0 Å². The van der Waals surface area contributed by atoms with Gasteiger partial charge in [0.15, 0.2) is 0 Å². The first-order chi connectivity index (χ1) is 9.96. The van der Waals surface area contributed by atoms with E-state index in [1.807, 2.05) is 0 Å². The lowest BCUT2D eigenvalue weighted by Gasteiger charge is -2.26. The molecule has 1 aromatic carbocycles. The molecule has 0 radical (unpaired) electrons. The van der Waals surface area contributed by atoms with Gasteiger partial charge in [-0.05, 0) is 25.2 Å². The van der Waals surface area contributed by atoms with E-state index < -0.39 is 10.0 Å². The van der Waals surface area contributed by atoms with E-state index in [1.54, 1.807) is 24.1 Å². The highest BCUT2D eigenvalue weighted by Gasteiger charge is 2.21. The number of hydrogen-bond donors (Lipinski definition) is 2. The van der Waals surface area contributed by atoms with Crippen LogP contribution in [0, 0.1) is 11.3 Å². The van der Waals surface area contributed by atoms with E-state index in [-0.39, 0.29) is 11.3 Å². The fraction of sp³-hybridized carbons (Fsp3) is 0.462. The van der Waals surface area contributed by atoms with Gasteiger partial charge < -0.3 is 15.4 Å². The Balaban J connectivity index is 3.26. The van der Waals surface area contributed by atoms with Gasteiger partial charge in [0.1, 0.15) is 4.90 Å². The van der Waals surface area contributed by atoms with E-state index in [0.717, 1.165) is 0 Å². The van der Waals surface area contributed by atoms with Crippen molar-refractivity contribution in [1.29, 1.82) is 5.26 Å². The summed E-state index contributed by atoms with van der Waals surface area (Å²) in [6, 6.07) is 6.75. The van der Waals surface area contributed by atoms with Crippen LogP contribution in [0.1, 0.15) is 6.42 Å². The van der Waals surface area contributed by atoms with Gasteiger partial charge in [0.25, 0.3) is 0 Å². The Morgan fingerprint density at radius 1 is 1.43 bits per heavy atom. The van der Waals surface area contributed by atoms with Crippen LogP contribution in [0.3, 0.4) is 0 Å². The van der Waals surface area contributed by atoms with Gasteiger partial charge >= 0.3 is 0 Å². The molecule has 0 spiro atoms. The highest BCUT2D eigenvalue weighted by molar-refractivity contribution is 7.89. The van der Waals surface area contributed by atoms with Crippen LogP contribution in [-0.2, 0) is 14.8 Å². The highest BCUT2D eigenvalue weighted by Crippen LogP contribution is 2.27. The molecule has 0 aliphatic heterocycles. The maximum atomic E-state index is 12.1. The van der Waals surface area contributed by atoms with Gasteiger partial charge in [-0.15, -0.1) is 0 Å². The molecule has 8 heteroatoms. The van der Waals surface area contributed by atoms with E-state index in [0.29, 0.717) is 31.1 Å². The van der Waals surface area contributed by atoms with Crippen molar-refractivity contribution in [2.24, 2.45) is 0 Å². The van der Waals surface area contributed by atoms with E-state index in [4.69, 9.17) is 15.7 Å². The molecule has 0 saturated carbocycles. The van der Waals surface area contributed by atoms with Crippen LogP contribution >= 0.6 is 0 Å². The minimum Gasteiger partial charge on any atom is -0.399 e. The molecule has 0 bridgehead atoms. The maximum Gasteiger partial charge on any atom is 0.242 e. The average molecular weight is 312 g/mol. The summed E-state index contributed by atoms with van der Waals surface area (Å²) in [7, 11) is -0.731. The molecule has 1 aromatic rings. The zero-order valence-electron chi connectivity index (χ0n) is 12.2. The number of ether oxygens (including phenoxy) is 1. The van der Waals surface area contributed by atoms with Crippen molar-refractivity contribution in [1.82, 2.24) is 4.72 Å². The zero-order chi connectivity index (χ0) is 15.9. The molecule has 7 nitrogen and oxygen atoms in total. The van der Waals surface area contributed by atoms with E-state index in [9.17, 15) is 8.42 Å². The second-order valence-electron chi connectivity index (χ2n) is 4.32. The van der Waals surface area contributed by atoms with Crippen LogP contribution in [0.4, 0.5) is 11.4 Å². The molecule has 1 rings (SSSR count). The van der Waals surface area contributed by atoms with Crippen molar-refractivity contribution in [2.75, 3.05) is 44.5 Å². The summed E-state index contributed by atoms with van der Waals surface area (Å²) in [5.74, 6) is 0. The number of nitrogens with zero attached hydrogens (tertiary/aromatic N) is 2. The zero-order valence-corrected chi connectivity index (χ0v) is 13.0. The Morgan fingerprint density at radius 3 is 2.71 bits per heavy atom. The Kier molecular flexibility index (Phi) is 6.42. The summed E-state index contributed by atoms with van der Waals surface area (Å²) in [5, 5.41) is 8.75. The third-order valence-corrected chi connectivity index (χ3v) is 4.39. The van der Waals surface area contributed by atoms with Crippen LogP contribution < -0.4 is 15.4 Å². The lowest BCUT2D eigenvalue weighted by molar-refractivity contribution is 0.205. The number of nitrogen functional groups attached to an aromatic ring is 1. The van der Waals surface area contributed by atoms with E-state index >= 15 is 0 Å². The first-order valence-electron chi connectivity index (χ1n) is 6.40. The van der Waals surface area contributed by atoms with Gasteiger partial charge in [-0.3, -0.25) is 0 Å². The van der Waals surface area contributed by atoms with Crippen LogP contribution in [0.15, 0.2) is 23.1 Å². The van der Waals surface area contributed by atoms with Crippen molar-refractivity contribution in [3.8, 4) is 6.07 Å². The fourth-order valence-electron chi connectivity index (χ4n) is 1.86. The topological polar surface area (TPSA) is 108 Å². The smallest absolute Gasteiger partial charge is 0.242 e. The molecule has 0 unspecified atom stereocenters. The Morgan fingerprint density at radius 2 is 2.14 bits per heavy atom. The van der Waals surface area contributed by atoms with Gasteiger partial charge in [0.2, 0.25) is 10.0 Å². The Bertz CT molecular complexity index is 610. The summed E-state index contributed by atoms with van der Waals surface area (Å²) < 4.78 is 31.6. The molecule has 0 heterocycles. The fourth-order valence-corrected chi connectivity index (χ4v) is 2.84. The molecular formula is C13H20N4O3S. The normalized spacial score (nSPS) is 11.1. The van der Waals surface area contributed by atoms with Gasteiger partial charge in [-0.1, -0.05) is 0 Å². The highest BCUT2D eigenvalue weighted by atomic mass is 32.2. The van der Waals surface area contributed by atoms with Gasteiger partial charge in [-0.25, -0.2) is 13.1 Å². The number of benzene rings is 1. The summed E-state index contributed by atoms with van der Waals surface area (Å²) in [6.45, 7) is 1.32. The SMILES string of the molecule is CNS(=O)(=O)c1cc(N)ccc1N(CCC#N)CCOC. The quantitative estimate of drug-likeness (QED) is 0.678. The monoisotopic (exact) mass is 312 g/mol. The molecule has 0 aliphatic rings. The largest absolute Gasteiger partial charge is 0.399 e. The molecule has 0 aliphatic carbocycles. The second kappa shape index (κ2) is 7.83. The van der Waals surface area contributed by atoms with Crippen LogP contribution in [-0.4, -0.2) is 42.3 Å². The van der Waals surface area contributed by atoms with E-state index in [1.165, 1.54) is 13.1 Å². The molecule has 0 saturated heterocycles. The molecular weight excluding hydrogens is 292 g/mol. The van der Waals surface area contributed by atoms with Crippen molar-refractivity contribution >= 4 is 21.4 Å². The molecule has 0 atom stereocenters. The molecule has 0 amide bonds. The van der Waals surface area contributed by atoms with Gasteiger partial charge in [0, 0.05) is 25.9 Å². The van der Waals surface area contributed by atoms with Gasteiger partial charge in [-0.2, -0.15) is 5.26 Å². The minimum absolute atomic E-state index is 0.0963. The number of nitrogens with two attached hydrogens (primary N) is 1. The lowest BCUT2D eigenvalue weighted by Crippen LogP contribution is -2.31. The Hall–Kier alpha value is -1.82. The van der Waals surface area contributed by atoms with Crippen molar-refractivity contribution in [2.45, 2.75) is 11.3 Å². The second-order valence-corrected chi connectivity index (χ2v) is 6.18. The average Bonchev–Trinajstić information content (AvgIpc) is 2.48. The molecule has 116 valence electrons. The predicted octanol–water partition coefficient (Wildman–Crippen LogP) is 0.543. The number of sulfonamides is 1. The van der Waals surface area contributed by atoms with Crippen molar-refractivity contribution in [3.05, 3.63) is 18.2 Å². The predicted molar refractivity (Wildman–Crippen MR) is 81.4 cm³/mol. The summed E-state index contributed by atoms with van der Waals surface area (Å²) in [5.41, 5.74) is 6.56. The number of methoxy groups -OCH3 is 1. The number of anilines is 2. The summed E-state index contributed by atoms with van der Waals surface area (Å²) in [6.07, 6.45) is 0.285. The minimum atomic E-state index is -3.64. The van der Waals surface area contributed by atoms with Crippen LogP contribution in [0.25, 0.3) is 0 Å². The first kappa shape index (κ1) is 17.2. The number of hydrogen-bond acceptors (Lipinski definition) is 6. The molecule has 21 heavy (non-hydrogen) atoms. The molecule has 0 fully saturated rings. The Labute approximate surface area is 125 Å². The standard InChI is InChI=1S/C13H20N4O3S/c1-16-21(18,19)13-10-11(15)4-5-12(13)17(7-3-6-14)8-9-20-2/h4-5,10,16H,3,7-9,15H2,1-2H3.